The molecule has 7 heteroatoms. The summed E-state index contributed by atoms with van der Waals surface area (Å²) in [6.07, 6.45) is 0.0551. The van der Waals surface area contributed by atoms with Crippen molar-refractivity contribution in [1.29, 1.82) is 0 Å². The summed E-state index contributed by atoms with van der Waals surface area (Å²) in [5.41, 5.74) is 0.0114. The van der Waals surface area contributed by atoms with Crippen molar-refractivity contribution < 1.29 is 23.6 Å². The summed E-state index contributed by atoms with van der Waals surface area (Å²) in [5.74, 6) is -0.977. The maximum Gasteiger partial charge on any atom is 0.315 e. The Morgan fingerprint density at radius 3 is 2.65 bits per heavy atom. The maximum atomic E-state index is 13.5. The lowest BCUT2D eigenvalue weighted by Gasteiger charge is -2.07. The van der Waals surface area contributed by atoms with Crippen molar-refractivity contribution in [2.24, 2.45) is 0 Å². The van der Waals surface area contributed by atoms with Crippen LogP contribution in [0.5, 0.6) is 11.5 Å². The van der Waals surface area contributed by atoms with E-state index in [-0.39, 0.29) is 30.0 Å². The first-order valence-electron chi connectivity index (χ1n) is 6.77. The van der Waals surface area contributed by atoms with E-state index < -0.39 is 16.7 Å². The predicted octanol–water partition coefficient (Wildman–Crippen LogP) is 3.28. The molecule has 2 aromatic carbocycles. The molecule has 0 aromatic heterocycles. The molecule has 0 saturated carbocycles. The van der Waals surface area contributed by atoms with E-state index >= 15 is 0 Å². The third-order valence-electron chi connectivity index (χ3n) is 3.14. The molecule has 0 amide bonds. The number of carbonyl (C=O) groups is 1. The van der Waals surface area contributed by atoms with Gasteiger partial charge in [-0.05, 0) is 30.2 Å². The van der Waals surface area contributed by atoms with E-state index in [9.17, 15) is 19.3 Å². The summed E-state index contributed by atoms with van der Waals surface area (Å²) in [6, 6.07) is 9.99. The number of esters is 1. The van der Waals surface area contributed by atoms with E-state index in [1.165, 1.54) is 31.4 Å². The summed E-state index contributed by atoms with van der Waals surface area (Å²) in [5, 5.41) is 11.0. The second-order valence-electron chi connectivity index (χ2n) is 4.66. The molecule has 0 N–H and O–H groups in total. The van der Waals surface area contributed by atoms with Gasteiger partial charge in [-0.2, -0.15) is 0 Å². The molecule has 2 aromatic rings. The van der Waals surface area contributed by atoms with Crippen molar-refractivity contribution in [1.82, 2.24) is 0 Å². The normalized spacial score (nSPS) is 10.2. The van der Waals surface area contributed by atoms with Gasteiger partial charge in [0, 0.05) is 0 Å². The van der Waals surface area contributed by atoms with Crippen molar-refractivity contribution in [3.05, 3.63) is 64.0 Å². The maximum absolute atomic E-state index is 13.5. The molecule has 0 radical (unpaired) electrons. The van der Waals surface area contributed by atoms with Gasteiger partial charge in [0.05, 0.1) is 24.5 Å². The van der Waals surface area contributed by atoms with Crippen molar-refractivity contribution in [3.8, 4) is 11.5 Å². The molecule has 0 atom stereocenters. The minimum Gasteiger partial charge on any atom is -0.496 e. The minimum atomic E-state index is -0.679. The van der Waals surface area contributed by atoms with E-state index in [2.05, 4.69) is 0 Å². The molecule has 0 saturated heterocycles. The van der Waals surface area contributed by atoms with Crippen LogP contribution in [0.3, 0.4) is 0 Å². The number of ether oxygens (including phenoxy) is 2. The molecule has 0 unspecified atom stereocenters. The number of methoxy groups -OCH3 is 1. The minimum absolute atomic E-state index is 0.0931. The molecule has 0 aliphatic carbocycles. The molecule has 0 fully saturated rings. The van der Waals surface area contributed by atoms with Crippen LogP contribution in [0.4, 0.5) is 10.1 Å². The largest absolute Gasteiger partial charge is 0.496 e. The lowest BCUT2D eigenvalue weighted by Crippen LogP contribution is -2.10. The molecule has 0 spiro atoms. The monoisotopic (exact) mass is 319 g/mol. The van der Waals surface area contributed by atoms with Gasteiger partial charge >= 0.3 is 11.7 Å². The Balaban J connectivity index is 2.05. The second kappa shape index (κ2) is 7.35. The number of benzene rings is 2. The molecule has 0 heterocycles. The number of nitro groups is 1. The Morgan fingerprint density at radius 2 is 2.00 bits per heavy atom. The summed E-state index contributed by atoms with van der Waals surface area (Å²) < 4.78 is 23.4. The molecular formula is C16H14FNO5. The fraction of sp³-hybridized carbons (Fsp3) is 0.188. The molecule has 6 nitrogen and oxygen atoms in total. The van der Waals surface area contributed by atoms with E-state index in [0.717, 1.165) is 0 Å². The van der Waals surface area contributed by atoms with Gasteiger partial charge in [0.15, 0.2) is 0 Å². The van der Waals surface area contributed by atoms with Crippen LogP contribution in [0.15, 0.2) is 42.5 Å². The van der Waals surface area contributed by atoms with Crippen LogP contribution < -0.4 is 9.47 Å². The first-order chi connectivity index (χ1) is 11.0. The van der Waals surface area contributed by atoms with Crippen LogP contribution in [0.2, 0.25) is 0 Å². The fourth-order valence-electron chi connectivity index (χ4n) is 1.96. The Morgan fingerprint density at radius 1 is 1.26 bits per heavy atom. The Kier molecular flexibility index (Phi) is 5.24. The highest BCUT2D eigenvalue weighted by Gasteiger charge is 2.19. The zero-order valence-electron chi connectivity index (χ0n) is 12.3. The number of carbonyl (C=O) groups excluding carboxylic acids is 1. The highest BCUT2D eigenvalue weighted by atomic mass is 19.1. The van der Waals surface area contributed by atoms with E-state index in [1.807, 2.05) is 0 Å². The lowest BCUT2D eigenvalue weighted by atomic mass is 10.1. The zero-order chi connectivity index (χ0) is 16.8. The van der Waals surface area contributed by atoms with E-state index in [0.29, 0.717) is 5.56 Å². The van der Waals surface area contributed by atoms with Crippen molar-refractivity contribution in [3.63, 3.8) is 0 Å². The molecule has 0 aliphatic heterocycles. The van der Waals surface area contributed by atoms with Crippen molar-refractivity contribution in [2.45, 2.75) is 12.8 Å². The van der Waals surface area contributed by atoms with Gasteiger partial charge < -0.3 is 9.47 Å². The number of hydrogen-bond donors (Lipinski definition) is 0. The Labute approximate surface area is 131 Å². The third-order valence-corrected chi connectivity index (χ3v) is 3.14. The Hall–Kier alpha value is -2.96. The molecule has 0 aliphatic rings. The number of halogens is 1. The van der Waals surface area contributed by atoms with Crippen LogP contribution in [0.1, 0.15) is 12.0 Å². The van der Waals surface area contributed by atoms with E-state index in [1.54, 1.807) is 18.2 Å². The SMILES string of the molecule is COc1ccc(OC(=O)CCc2ccccc2F)c([N+](=O)[O-])c1. The third kappa shape index (κ3) is 4.26. The highest BCUT2D eigenvalue weighted by Crippen LogP contribution is 2.31. The van der Waals surface area contributed by atoms with E-state index in [4.69, 9.17) is 9.47 Å². The first-order valence-corrected chi connectivity index (χ1v) is 6.77. The van der Waals surface area contributed by atoms with Gasteiger partial charge in [0.1, 0.15) is 11.6 Å². The molecule has 0 bridgehead atoms. The van der Waals surface area contributed by atoms with Gasteiger partial charge in [-0.15, -0.1) is 0 Å². The van der Waals surface area contributed by atoms with Crippen LogP contribution in [-0.2, 0) is 11.2 Å². The number of nitrogens with zero attached hydrogens (tertiary/aromatic N) is 1. The van der Waals surface area contributed by atoms with Gasteiger partial charge in [0.25, 0.3) is 0 Å². The zero-order valence-corrected chi connectivity index (χ0v) is 12.3. The standard InChI is InChI=1S/C16H14FNO5/c1-22-12-7-8-15(14(10-12)18(20)21)23-16(19)9-6-11-4-2-3-5-13(11)17/h2-5,7-8,10H,6,9H2,1H3. The van der Waals surface area contributed by atoms with Gasteiger partial charge in [-0.25, -0.2) is 4.39 Å². The average molecular weight is 319 g/mol. The number of nitro benzene ring substituents is 1. The molecule has 120 valence electrons. The van der Waals surface area contributed by atoms with Gasteiger partial charge in [-0.1, -0.05) is 18.2 Å². The average Bonchev–Trinajstić information content (AvgIpc) is 2.54. The smallest absolute Gasteiger partial charge is 0.315 e. The van der Waals surface area contributed by atoms with Crippen LogP contribution in [-0.4, -0.2) is 18.0 Å². The van der Waals surface area contributed by atoms with Crippen molar-refractivity contribution in [2.75, 3.05) is 7.11 Å². The fourth-order valence-corrected chi connectivity index (χ4v) is 1.96. The molecule has 23 heavy (non-hydrogen) atoms. The summed E-state index contributed by atoms with van der Waals surface area (Å²) >= 11 is 0. The topological polar surface area (TPSA) is 78.7 Å². The summed E-state index contributed by atoms with van der Waals surface area (Å²) in [4.78, 5) is 22.2. The number of hydrogen-bond acceptors (Lipinski definition) is 5. The predicted molar refractivity (Wildman–Crippen MR) is 80.0 cm³/mol. The summed E-state index contributed by atoms with van der Waals surface area (Å²) in [7, 11) is 1.37. The number of aryl methyl sites for hydroxylation is 1. The van der Waals surface area contributed by atoms with Crippen LogP contribution >= 0.6 is 0 Å². The Bertz CT molecular complexity index is 732. The lowest BCUT2D eigenvalue weighted by molar-refractivity contribution is -0.385. The van der Waals surface area contributed by atoms with Gasteiger partial charge in [0.2, 0.25) is 5.75 Å². The summed E-state index contributed by atoms with van der Waals surface area (Å²) in [6.45, 7) is 0. The number of rotatable bonds is 6. The highest BCUT2D eigenvalue weighted by molar-refractivity contribution is 5.74. The van der Waals surface area contributed by atoms with Crippen LogP contribution in [0, 0.1) is 15.9 Å². The molecular weight excluding hydrogens is 305 g/mol. The van der Waals surface area contributed by atoms with Crippen molar-refractivity contribution >= 4 is 11.7 Å². The van der Waals surface area contributed by atoms with Gasteiger partial charge in [-0.3, -0.25) is 14.9 Å². The molecule has 2 rings (SSSR count). The quantitative estimate of drug-likeness (QED) is 0.353. The van der Waals surface area contributed by atoms with Crippen LogP contribution in [0.25, 0.3) is 0 Å². The first kappa shape index (κ1) is 16.4. The second-order valence-corrected chi connectivity index (χ2v) is 4.66.